The molecule has 0 aromatic heterocycles. The summed E-state index contributed by atoms with van der Waals surface area (Å²) in [6.07, 6.45) is 18.6. The lowest BCUT2D eigenvalue weighted by Crippen LogP contribution is -2.49. The van der Waals surface area contributed by atoms with Crippen LogP contribution in [0.4, 0.5) is 0 Å². The lowest BCUT2D eigenvalue weighted by atomic mass is 9.49. The molecule has 0 heterocycles. The molecule has 0 amide bonds. The minimum absolute atomic E-state index is 0.00525. The first kappa shape index (κ1) is 20.0. The highest BCUT2D eigenvalue weighted by Crippen LogP contribution is 2.65. The zero-order valence-corrected chi connectivity index (χ0v) is 18.4. The molecule has 1 heteroatoms. The van der Waals surface area contributed by atoms with Gasteiger partial charge in [0.2, 0.25) is 0 Å². The first-order chi connectivity index (χ1) is 12.9. The second-order valence-electron chi connectivity index (χ2n) is 11.3. The SMILES string of the molecule is CC[C@H](C)/C=C/[C@@H](C)[C@H]1CC[C@H]2[C@@H]3CC[C@H]4C[C@@H](O)CC[C@@H]4[C@H]3CC[C@]12C. The van der Waals surface area contributed by atoms with Gasteiger partial charge in [0, 0.05) is 0 Å². The van der Waals surface area contributed by atoms with Crippen LogP contribution >= 0.6 is 0 Å². The number of fused-ring (bicyclic) bond motifs is 5. The van der Waals surface area contributed by atoms with Crippen LogP contribution in [0.1, 0.15) is 91.9 Å². The van der Waals surface area contributed by atoms with Crippen LogP contribution in [-0.4, -0.2) is 11.2 Å². The number of aliphatic hydroxyl groups excluding tert-OH is 1. The summed E-state index contributed by atoms with van der Waals surface area (Å²) in [6, 6.07) is 0. The molecule has 0 aliphatic heterocycles. The molecule has 0 aromatic carbocycles. The Kier molecular flexibility index (Phi) is 5.81. The second kappa shape index (κ2) is 7.85. The third-order valence-electron chi connectivity index (χ3n) is 10.0. The van der Waals surface area contributed by atoms with E-state index in [1.807, 2.05) is 0 Å². The Morgan fingerprint density at radius 2 is 1.70 bits per heavy atom. The van der Waals surface area contributed by atoms with Crippen LogP contribution in [0.2, 0.25) is 0 Å². The molecule has 0 aromatic rings. The molecule has 4 saturated carbocycles. The molecule has 1 nitrogen and oxygen atoms in total. The Balaban J connectivity index is 1.47. The molecule has 0 saturated heterocycles. The molecular formula is C26H44O. The van der Waals surface area contributed by atoms with Gasteiger partial charge in [-0.05, 0) is 111 Å². The Morgan fingerprint density at radius 3 is 2.48 bits per heavy atom. The van der Waals surface area contributed by atoms with Gasteiger partial charge in [-0.15, -0.1) is 0 Å². The molecule has 27 heavy (non-hydrogen) atoms. The van der Waals surface area contributed by atoms with Crippen molar-refractivity contribution in [3.8, 4) is 0 Å². The van der Waals surface area contributed by atoms with Gasteiger partial charge in [-0.2, -0.15) is 0 Å². The topological polar surface area (TPSA) is 20.2 Å². The van der Waals surface area contributed by atoms with Crippen molar-refractivity contribution in [2.45, 2.75) is 98.0 Å². The van der Waals surface area contributed by atoms with Gasteiger partial charge in [0.1, 0.15) is 0 Å². The monoisotopic (exact) mass is 372 g/mol. The minimum Gasteiger partial charge on any atom is -0.393 e. The van der Waals surface area contributed by atoms with Crippen LogP contribution in [-0.2, 0) is 0 Å². The van der Waals surface area contributed by atoms with E-state index in [1.165, 1.54) is 51.4 Å². The quantitative estimate of drug-likeness (QED) is 0.535. The largest absolute Gasteiger partial charge is 0.393 e. The maximum absolute atomic E-state index is 10.1. The number of hydrogen-bond acceptors (Lipinski definition) is 1. The fourth-order valence-corrected chi connectivity index (χ4v) is 8.37. The van der Waals surface area contributed by atoms with Crippen molar-refractivity contribution >= 4 is 0 Å². The van der Waals surface area contributed by atoms with Gasteiger partial charge in [0.15, 0.2) is 0 Å². The Bertz CT molecular complexity index is 538. The number of allylic oxidation sites excluding steroid dienone is 2. The predicted molar refractivity (Wildman–Crippen MR) is 114 cm³/mol. The zero-order chi connectivity index (χ0) is 19.2. The van der Waals surface area contributed by atoms with Crippen LogP contribution < -0.4 is 0 Å². The van der Waals surface area contributed by atoms with Crippen LogP contribution in [0.5, 0.6) is 0 Å². The summed E-state index contributed by atoms with van der Waals surface area (Å²) < 4.78 is 0. The molecule has 0 bridgehead atoms. The third kappa shape index (κ3) is 3.56. The molecule has 10 atom stereocenters. The molecule has 0 spiro atoms. The fraction of sp³-hybridized carbons (Fsp3) is 0.923. The maximum Gasteiger partial charge on any atom is 0.0543 e. The van der Waals surface area contributed by atoms with E-state index in [4.69, 9.17) is 0 Å². The average Bonchev–Trinajstić information content (AvgIpc) is 3.02. The van der Waals surface area contributed by atoms with E-state index in [0.29, 0.717) is 5.41 Å². The van der Waals surface area contributed by atoms with Gasteiger partial charge in [-0.3, -0.25) is 0 Å². The van der Waals surface area contributed by atoms with Crippen molar-refractivity contribution in [2.75, 3.05) is 0 Å². The van der Waals surface area contributed by atoms with E-state index in [2.05, 4.69) is 39.8 Å². The van der Waals surface area contributed by atoms with E-state index < -0.39 is 0 Å². The second-order valence-corrected chi connectivity index (χ2v) is 11.3. The lowest BCUT2D eigenvalue weighted by molar-refractivity contribution is -0.0800. The highest BCUT2D eigenvalue weighted by atomic mass is 16.3. The van der Waals surface area contributed by atoms with Crippen LogP contribution in [0, 0.1) is 52.8 Å². The van der Waals surface area contributed by atoms with Crippen molar-refractivity contribution in [3.63, 3.8) is 0 Å². The number of aliphatic hydroxyl groups is 1. The summed E-state index contributed by atoms with van der Waals surface area (Å²) in [5.41, 5.74) is 0.585. The smallest absolute Gasteiger partial charge is 0.0543 e. The third-order valence-corrected chi connectivity index (χ3v) is 10.0. The van der Waals surface area contributed by atoms with E-state index in [-0.39, 0.29) is 6.10 Å². The van der Waals surface area contributed by atoms with E-state index in [0.717, 1.165) is 60.2 Å². The van der Waals surface area contributed by atoms with Gasteiger partial charge in [-0.1, -0.05) is 46.3 Å². The van der Waals surface area contributed by atoms with Gasteiger partial charge in [0.05, 0.1) is 6.10 Å². The maximum atomic E-state index is 10.1. The van der Waals surface area contributed by atoms with E-state index in [1.54, 1.807) is 0 Å². The van der Waals surface area contributed by atoms with Crippen molar-refractivity contribution in [3.05, 3.63) is 12.2 Å². The molecular weight excluding hydrogens is 328 g/mol. The zero-order valence-electron chi connectivity index (χ0n) is 18.4. The standard InChI is InChI=1S/C26H44O/c1-5-17(2)6-7-18(3)24-12-13-25-23-10-8-19-16-20(27)9-11-21(19)22(23)14-15-26(24,25)4/h6-7,17-25,27H,5,8-16H2,1-4H3/b7-6+/t17-,18+,19-,20-,21-,22+,23+,24+,25-,26+/m0/s1. The van der Waals surface area contributed by atoms with Crippen molar-refractivity contribution in [2.24, 2.45) is 52.8 Å². The van der Waals surface area contributed by atoms with Crippen molar-refractivity contribution in [1.29, 1.82) is 0 Å². The summed E-state index contributed by atoms with van der Waals surface area (Å²) in [5, 5.41) is 10.1. The van der Waals surface area contributed by atoms with Crippen LogP contribution in [0.15, 0.2) is 12.2 Å². The van der Waals surface area contributed by atoms with Crippen LogP contribution in [0.3, 0.4) is 0 Å². The molecule has 0 unspecified atom stereocenters. The summed E-state index contributed by atoms with van der Waals surface area (Å²) in [7, 11) is 0. The Hall–Kier alpha value is -0.300. The molecule has 4 fully saturated rings. The normalized spacial score (nSPS) is 49.3. The van der Waals surface area contributed by atoms with Gasteiger partial charge >= 0.3 is 0 Å². The predicted octanol–water partition coefficient (Wildman–Crippen LogP) is 6.85. The highest BCUT2D eigenvalue weighted by molar-refractivity contribution is 5.09. The fourth-order valence-electron chi connectivity index (χ4n) is 8.37. The number of rotatable bonds is 4. The summed E-state index contributed by atoms with van der Waals surface area (Å²) >= 11 is 0. The first-order valence-electron chi connectivity index (χ1n) is 12.3. The summed E-state index contributed by atoms with van der Waals surface area (Å²) in [4.78, 5) is 0. The minimum atomic E-state index is 0.00525. The summed E-state index contributed by atoms with van der Waals surface area (Å²) in [5.74, 6) is 7.11. The lowest BCUT2D eigenvalue weighted by Gasteiger charge is -2.56. The van der Waals surface area contributed by atoms with E-state index >= 15 is 0 Å². The molecule has 4 rings (SSSR count). The molecule has 154 valence electrons. The van der Waals surface area contributed by atoms with Gasteiger partial charge in [-0.25, -0.2) is 0 Å². The molecule has 4 aliphatic carbocycles. The Morgan fingerprint density at radius 1 is 0.926 bits per heavy atom. The van der Waals surface area contributed by atoms with Gasteiger partial charge in [0.25, 0.3) is 0 Å². The summed E-state index contributed by atoms with van der Waals surface area (Å²) in [6.45, 7) is 9.83. The van der Waals surface area contributed by atoms with Crippen molar-refractivity contribution < 1.29 is 5.11 Å². The average molecular weight is 373 g/mol. The van der Waals surface area contributed by atoms with Crippen molar-refractivity contribution in [1.82, 2.24) is 0 Å². The van der Waals surface area contributed by atoms with Crippen LogP contribution in [0.25, 0.3) is 0 Å². The van der Waals surface area contributed by atoms with E-state index in [9.17, 15) is 5.11 Å². The first-order valence-corrected chi connectivity index (χ1v) is 12.3. The number of hydrogen-bond donors (Lipinski definition) is 1. The molecule has 4 aliphatic rings. The van der Waals surface area contributed by atoms with Gasteiger partial charge < -0.3 is 5.11 Å². The highest BCUT2D eigenvalue weighted by Gasteiger charge is 2.57. The molecule has 1 N–H and O–H groups in total. The molecule has 0 radical (unpaired) electrons. The Labute approximate surface area is 168 Å².